The average Bonchev–Trinajstić information content (AvgIpc) is 3.18. The molecule has 5 heteroatoms. The molecule has 2 saturated heterocycles. The van der Waals surface area contributed by atoms with Gasteiger partial charge in [-0.15, -0.1) is 11.3 Å². The lowest BCUT2D eigenvalue weighted by molar-refractivity contribution is 0.0612. The second-order valence-corrected chi connectivity index (χ2v) is 8.44. The lowest BCUT2D eigenvalue weighted by atomic mass is 9.83. The lowest BCUT2D eigenvalue weighted by Gasteiger charge is -2.35. The molecule has 2 fully saturated rings. The third-order valence-electron chi connectivity index (χ3n) is 5.55. The fourth-order valence-electron chi connectivity index (χ4n) is 4.04. The molecule has 1 amide bonds. The van der Waals surface area contributed by atoms with Gasteiger partial charge in [0.1, 0.15) is 0 Å². The van der Waals surface area contributed by atoms with E-state index in [0.717, 1.165) is 43.8 Å². The van der Waals surface area contributed by atoms with Gasteiger partial charge in [0.25, 0.3) is 5.91 Å². The van der Waals surface area contributed by atoms with Crippen LogP contribution in [-0.4, -0.2) is 41.6 Å². The first-order valence-corrected chi connectivity index (χ1v) is 9.82. The highest BCUT2D eigenvalue weighted by molar-refractivity contribution is 7.11. The molecule has 2 aromatic rings. The third-order valence-corrected chi connectivity index (χ3v) is 6.65. The molecule has 3 atom stereocenters. The Bertz CT molecular complexity index is 739. The second-order valence-electron chi connectivity index (χ2n) is 7.15. The summed E-state index contributed by atoms with van der Waals surface area (Å²) in [5.74, 6) is 1.14. The van der Waals surface area contributed by atoms with Crippen molar-refractivity contribution < 1.29 is 9.53 Å². The summed E-state index contributed by atoms with van der Waals surface area (Å²) in [6.07, 6.45) is 2.19. The number of ether oxygens (including phenoxy) is 1. The van der Waals surface area contributed by atoms with Crippen LogP contribution in [0.5, 0.6) is 0 Å². The quantitative estimate of drug-likeness (QED) is 0.846. The van der Waals surface area contributed by atoms with Gasteiger partial charge in [0.05, 0.1) is 23.4 Å². The van der Waals surface area contributed by atoms with Gasteiger partial charge < -0.3 is 9.64 Å². The van der Waals surface area contributed by atoms with Crippen LogP contribution in [0.4, 0.5) is 0 Å². The summed E-state index contributed by atoms with van der Waals surface area (Å²) in [5, 5.41) is 1.18. The molecular formula is C20H24N2O2S. The number of carbonyl (C=O) groups is 1. The fraction of sp³-hybridized carbons (Fsp3) is 0.500. The van der Waals surface area contributed by atoms with Gasteiger partial charge in [-0.3, -0.25) is 4.79 Å². The highest BCUT2D eigenvalue weighted by atomic mass is 32.1. The topological polar surface area (TPSA) is 42.4 Å². The molecule has 2 aliphatic heterocycles. The van der Waals surface area contributed by atoms with Gasteiger partial charge in [-0.05, 0) is 38.3 Å². The van der Waals surface area contributed by atoms with E-state index in [-0.39, 0.29) is 12.0 Å². The molecule has 1 aromatic carbocycles. The molecule has 25 heavy (non-hydrogen) atoms. The molecule has 2 aliphatic rings. The zero-order chi connectivity index (χ0) is 17.4. The zero-order valence-corrected chi connectivity index (χ0v) is 15.6. The van der Waals surface area contributed by atoms with Crippen molar-refractivity contribution in [1.82, 2.24) is 9.88 Å². The maximum absolute atomic E-state index is 12.7. The van der Waals surface area contributed by atoms with Crippen molar-refractivity contribution in [3.05, 3.63) is 51.5 Å². The number of hydrogen-bond donors (Lipinski definition) is 0. The smallest absolute Gasteiger partial charge is 0.253 e. The van der Waals surface area contributed by atoms with Crippen molar-refractivity contribution in [3.63, 3.8) is 0 Å². The molecule has 0 radical (unpaired) electrons. The normalized spacial score (nSPS) is 25.8. The molecule has 0 bridgehead atoms. The van der Waals surface area contributed by atoms with E-state index >= 15 is 0 Å². The predicted octanol–water partition coefficient (Wildman–Crippen LogP) is 3.48. The minimum Gasteiger partial charge on any atom is -0.377 e. The first-order valence-electron chi connectivity index (χ1n) is 9.00. The number of nitrogens with zero attached hydrogens (tertiary/aromatic N) is 2. The number of fused-ring (bicyclic) bond motifs is 1. The molecule has 3 heterocycles. The summed E-state index contributed by atoms with van der Waals surface area (Å²) in [7, 11) is 0. The highest BCUT2D eigenvalue weighted by Crippen LogP contribution is 2.37. The van der Waals surface area contributed by atoms with Crippen molar-refractivity contribution in [2.24, 2.45) is 11.8 Å². The molecule has 4 rings (SSSR count). The van der Waals surface area contributed by atoms with Crippen LogP contribution in [0.15, 0.2) is 30.3 Å². The Morgan fingerprint density at radius 2 is 2.12 bits per heavy atom. The maximum Gasteiger partial charge on any atom is 0.253 e. The number of thiazole rings is 1. The fourth-order valence-corrected chi connectivity index (χ4v) is 5.02. The van der Waals surface area contributed by atoms with Crippen LogP contribution < -0.4 is 0 Å². The Morgan fingerprint density at radius 1 is 1.32 bits per heavy atom. The van der Waals surface area contributed by atoms with E-state index in [1.165, 1.54) is 9.88 Å². The number of piperidine rings is 1. The van der Waals surface area contributed by atoms with Crippen LogP contribution in [-0.2, 0) is 11.2 Å². The minimum atomic E-state index is 0.147. The SMILES string of the molecule is Cc1nc(C[C@@H]2OC[C@H]3CN(C(=O)c4ccccc4)CC[C@H]32)sc1C. The Kier molecular flexibility index (Phi) is 4.61. The number of rotatable bonds is 3. The molecule has 0 unspecified atom stereocenters. The summed E-state index contributed by atoms with van der Waals surface area (Å²) in [6.45, 7) is 6.59. The van der Waals surface area contributed by atoms with Crippen molar-refractivity contribution in [2.45, 2.75) is 32.8 Å². The Labute approximate surface area is 152 Å². The van der Waals surface area contributed by atoms with Gasteiger partial charge >= 0.3 is 0 Å². The van der Waals surface area contributed by atoms with Gasteiger partial charge in [-0.2, -0.15) is 0 Å². The standard InChI is InChI=1S/C20H24N2O2S/c1-13-14(2)25-19(21-13)10-18-17-8-9-22(11-16(17)12-24-18)20(23)15-6-4-3-5-7-15/h3-7,16-18H,8-12H2,1-2H3/t16-,17-,18+/m1/s1. The number of carbonyl (C=O) groups excluding carboxylic acids is 1. The number of benzene rings is 1. The maximum atomic E-state index is 12.7. The van der Waals surface area contributed by atoms with E-state index in [1.807, 2.05) is 35.2 Å². The third kappa shape index (κ3) is 3.35. The molecule has 4 nitrogen and oxygen atoms in total. The van der Waals surface area contributed by atoms with Crippen LogP contribution in [0.2, 0.25) is 0 Å². The van der Waals surface area contributed by atoms with E-state index in [9.17, 15) is 4.79 Å². The first-order chi connectivity index (χ1) is 12.1. The number of likely N-dealkylation sites (tertiary alicyclic amines) is 1. The van der Waals surface area contributed by atoms with Crippen molar-refractivity contribution in [1.29, 1.82) is 0 Å². The summed E-state index contributed by atoms with van der Waals surface area (Å²) in [4.78, 5) is 20.6. The lowest BCUT2D eigenvalue weighted by Crippen LogP contribution is -2.44. The first kappa shape index (κ1) is 16.7. The number of aryl methyl sites for hydroxylation is 2. The summed E-state index contributed by atoms with van der Waals surface area (Å²) in [5.41, 5.74) is 1.92. The molecule has 0 spiro atoms. The average molecular weight is 356 g/mol. The van der Waals surface area contributed by atoms with Crippen LogP contribution in [0.25, 0.3) is 0 Å². The van der Waals surface area contributed by atoms with Gasteiger partial charge in [-0.1, -0.05) is 18.2 Å². The van der Waals surface area contributed by atoms with Gasteiger partial charge in [0.2, 0.25) is 0 Å². The van der Waals surface area contributed by atoms with Crippen LogP contribution in [0.1, 0.15) is 32.4 Å². The Hall–Kier alpha value is -1.72. The summed E-state index contributed by atoms with van der Waals surface area (Å²) >= 11 is 1.79. The Balaban J connectivity index is 1.40. The van der Waals surface area contributed by atoms with E-state index in [1.54, 1.807) is 11.3 Å². The Morgan fingerprint density at radius 3 is 2.84 bits per heavy atom. The monoisotopic (exact) mass is 356 g/mol. The number of amides is 1. The minimum absolute atomic E-state index is 0.147. The summed E-state index contributed by atoms with van der Waals surface area (Å²) < 4.78 is 6.12. The molecule has 1 aromatic heterocycles. The van der Waals surface area contributed by atoms with Crippen molar-refractivity contribution in [3.8, 4) is 0 Å². The van der Waals surface area contributed by atoms with Gasteiger partial charge in [-0.25, -0.2) is 4.98 Å². The molecule has 0 aliphatic carbocycles. The number of hydrogen-bond acceptors (Lipinski definition) is 4. The van der Waals surface area contributed by atoms with E-state index in [0.29, 0.717) is 11.8 Å². The molecular weight excluding hydrogens is 332 g/mol. The van der Waals surface area contributed by atoms with E-state index in [4.69, 9.17) is 4.74 Å². The largest absolute Gasteiger partial charge is 0.377 e. The van der Waals surface area contributed by atoms with E-state index < -0.39 is 0 Å². The zero-order valence-electron chi connectivity index (χ0n) is 14.8. The predicted molar refractivity (Wildman–Crippen MR) is 99.0 cm³/mol. The molecule has 132 valence electrons. The van der Waals surface area contributed by atoms with E-state index in [2.05, 4.69) is 18.8 Å². The van der Waals surface area contributed by atoms with Crippen molar-refractivity contribution in [2.75, 3.05) is 19.7 Å². The second kappa shape index (κ2) is 6.89. The molecule has 0 saturated carbocycles. The van der Waals surface area contributed by atoms with Crippen molar-refractivity contribution >= 4 is 17.2 Å². The van der Waals surface area contributed by atoms with Crippen LogP contribution in [0, 0.1) is 25.7 Å². The van der Waals surface area contributed by atoms with Crippen LogP contribution >= 0.6 is 11.3 Å². The van der Waals surface area contributed by atoms with Gasteiger partial charge in [0, 0.05) is 35.9 Å². The van der Waals surface area contributed by atoms with Crippen LogP contribution in [0.3, 0.4) is 0 Å². The summed E-state index contributed by atoms with van der Waals surface area (Å²) in [6, 6.07) is 9.59. The molecule has 0 N–H and O–H groups in total. The van der Waals surface area contributed by atoms with Gasteiger partial charge in [0.15, 0.2) is 0 Å². The highest BCUT2D eigenvalue weighted by Gasteiger charge is 2.42. The number of aromatic nitrogens is 1.